The zero-order valence-electron chi connectivity index (χ0n) is 15.7. The fraction of sp³-hybridized carbons (Fsp3) is 0.400. The molecular weight excluding hydrogens is 354 g/mol. The molecule has 146 valence electrons. The zero-order valence-corrected chi connectivity index (χ0v) is 15.7. The van der Waals surface area contributed by atoms with E-state index in [1.807, 2.05) is 41.8 Å². The first-order valence-electron chi connectivity index (χ1n) is 9.62. The molecule has 28 heavy (non-hydrogen) atoms. The van der Waals surface area contributed by atoms with Crippen LogP contribution in [0.25, 0.3) is 0 Å². The normalized spacial score (nSPS) is 16.2. The Labute approximate surface area is 163 Å². The summed E-state index contributed by atoms with van der Waals surface area (Å²) in [6.45, 7) is 2.21. The molecule has 0 unspecified atom stereocenters. The molecule has 0 saturated carbocycles. The molecule has 8 nitrogen and oxygen atoms in total. The van der Waals surface area contributed by atoms with Gasteiger partial charge >= 0.3 is 0 Å². The molecular formula is C20H25N7O. The van der Waals surface area contributed by atoms with Gasteiger partial charge in [-0.05, 0) is 30.5 Å². The van der Waals surface area contributed by atoms with Gasteiger partial charge < -0.3 is 20.2 Å². The molecule has 1 amide bonds. The lowest BCUT2D eigenvalue weighted by atomic mass is 9.95. The van der Waals surface area contributed by atoms with Gasteiger partial charge in [-0.15, -0.1) is 0 Å². The molecule has 0 spiro atoms. The van der Waals surface area contributed by atoms with Crippen LogP contribution in [0.15, 0.2) is 49.4 Å². The number of pyridine rings is 1. The Morgan fingerprint density at radius 3 is 2.71 bits per heavy atom. The van der Waals surface area contributed by atoms with E-state index in [4.69, 9.17) is 5.73 Å². The molecule has 3 aromatic heterocycles. The van der Waals surface area contributed by atoms with E-state index in [1.165, 1.54) is 5.56 Å². The first-order chi connectivity index (χ1) is 13.7. The summed E-state index contributed by atoms with van der Waals surface area (Å²) in [6, 6.07) is 3.50. The highest BCUT2D eigenvalue weighted by molar-refractivity contribution is 5.82. The fourth-order valence-corrected chi connectivity index (χ4v) is 3.81. The van der Waals surface area contributed by atoms with E-state index in [1.54, 1.807) is 12.5 Å². The van der Waals surface area contributed by atoms with Crippen molar-refractivity contribution in [2.45, 2.75) is 37.8 Å². The Bertz CT molecular complexity index is 882. The maximum absolute atomic E-state index is 12.7. The SMILES string of the molecule is N[C@@H](Cc1cnc[nH]1)C(=O)N1CCC(c2nccn2Cc2ccncc2)CC1. The van der Waals surface area contributed by atoms with Crippen molar-refractivity contribution in [2.75, 3.05) is 13.1 Å². The molecule has 0 radical (unpaired) electrons. The molecule has 8 heteroatoms. The van der Waals surface area contributed by atoms with Gasteiger partial charge in [-0.25, -0.2) is 9.97 Å². The molecule has 1 aliphatic heterocycles. The van der Waals surface area contributed by atoms with Gasteiger partial charge in [0.15, 0.2) is 0 Å². The lowest BCUT2D eigenvalue weighted by Crippen LogP contribution is -2.48. The third kappa shape index (κ3) is 4.12. The average molecular weight is 379 g/mol. The number of carbonyl (C=O) groups is 1. The summed E-state index contributed by atoms with van der Waals surface area (Å²) in [4.78, 5) is 30.2. The number of rotatable bonds is 6. The molecule has 0 bridgehead atoms. The monoisotopic (exact) mass is 379 g/mol. The molecule has 0 aliphatic carbocycles. The smallest absolute Gasteiger partial charge is 0.239 e. The van der Waals surface area contributed by atoms with Crippen LogP contribution in [0.4, 0.5) is 0 Å². The molecule has 3 aromatic rings. The third-order valence-corrected chi connectivity index (χ3v) is 5.33. The molecule has 1 aliphatic rings. The number of aromatic amines is 1. The molecule has 4 rings (SSSR count). The van der Waals surface area contributed by atoms with Crippen molar-refractivity contribution >= 4 is 5.91 Å². The topological polar surface area (TPSA) is 106 Å². The first kappa shape index (κ1) is 18.4. The molecule has 3 N–H and O–H groups in total. The van der Waals surface area contributed by atoms with Gasteiger partial charge in [0, 0.05) is 68.7 Å². The van der Waals surface area contributed by atoms with E-state index >= 15 is 0 Å². The molecule has 0 aromatic carbocycles. The van der Waals surface area contributed by atoms with Gasteiger partial charge in [-0.1, -0.05) is 0 Å². The molecule has 1 atom stereocenters. The number of piperidine rings is 1. The van der Waals surface area contributed by atoms with Crippen molar-refractivity contribution in [3.63, 3.8) is 0 Å². The number of carbonyl (C=O) groups excluding carboxylic acids is 1. The van der Waals surface area contributed by atoms with Crippen LogP contribution in [-0.4, -0.2) is 54.4 Å². The van der Waals surface area contributed by atoms with Gasteiger partial charge in [0.2, 0.25) is 5.91 Å². The summed E-state index contributed by atoms with van der Waals surface area (Å²) in [5.74, 6) is 1.45. The summed E-state index contributed by atoms with van der Waals surface area (Å²) >= 11 is 0. The minimum atomic E-state index is -0.536. The van der Waals surface area contributed by atoms with Crippen molar-refractivity contribution < 1.29 is 4.79 Å². The van der Waals surface area contributed by atoms with Crippen LogP contribution in [0.2, 0.25) is 0 Å². The largest absolute Gasteiger partial charge is 0.348 e. The number of nitrogens with one attached hydrogen (secondary N) is 1. The highest BCUT2D eigenvalue weighted by Crippen LogP contribution is 2.27. The number of H-pyrrole nitrogens is 1. The molecule has 1 fully saturated rings. The van der Waals surface area contributed by atoms with E-state index in [0.717, 1.165) is 30.9 Å². The third-order valence-electron chi connectivity index (χ3n) is 5.33. The van der Waals surface area contributed by atoms with Gasteiger partial charge in [0.25, 0.3) is 0 Å². The number of imidazole rings is 2. The first-order valence-corrected chi connectivity index (χ1v) is 9.62. The van der Waals surface area contributed by atoms with Crippen LogP contribution in [0.5, 0.6) is 0 Å². The number of nitrogens with zero attached hydrogens (tertiary/aromatic N) is 5. The quantitative estimate of drug-likeness (QED) is 0.672. The van der Waals surface area contributed by atoms with Crippen molar-refractivity contribution in [3.05, 3.63) is 66.5 Å². The Kier molecular flexibility index (Phi) is 5.48. The van der Waals surface area contributed by atoms with Gasteiger partial charge in [-0.2, -0.15) is 0 Å². The highest BCUT2D eigenvalue weighted by atomic mass is 16.2. The minimum absolute atomic E-state index is 0.00757. The number of hydrogen-bond acceptors (Lipinski definition) is 5. The number of amides is 1. The maximum Gasteiger partial charge on any atom is 0.239 e. The second-order valence-corrected chi connectivity index (χ2v) is 7.26. The minimum Gasteiger partial charge on any atom is -0.348 e. The van der Waals surface area contributed by atoms with Crippen LogP contribution < -0.4 is 5.73 Å². The van der Waals surface area contributed by atoms with E-state index in [9.17, 15) is 4.79 Å². The Morgan fingerprint density at radius 2 is 2.00 bits per heavy atom. The Morgan fingerprint density at radius 1 is 1.21 bits per heavy atom. The van der Waals surface area contributed by atoms with Crippen LogP contribution in [0.1, 0.15) is 35.8 Å². The zero-order chi connectivity index (χ0) is 19.3. The predicted octanol–water partition coefficient (Wildman–Crippen LogP) is 1.33. The summed E-state index contributed by atoms with van der Waals surface area (Å²) in [6.07, 6.45) is 13.1. The van der Waals surface area contributed by atoms with Gasteiger partial charge in [0.05, 0.1) is 12.4 Å². The Balaban J connectivity index is 1.34. The number of aromatic nitrogens is 5. The van der Waals surface area contributed by atoms with Crippen LogP contribution in [0.3, 0.4) is 0 Å². The van der Waals surface area contributed by atoms with Crippen molar-refractivity contribution in [3.8, 4) is 0 Å². The summed E-state index contributed by atoms with van der Waals surface area (Å²) in [7, 11) is 0. The molecule has 1 saturated heterocycles. The highest BCUT2D eigenvalue weighted by Gasteiger charge is 2.29. The van der Waals surface area contributed by atoms with Crippen LogP contribution in [-0.2, 0) is 17.8 Å². The van der Waals surface area contributed by atoms with E-state index in [0.29, 0.717) is 25.4 Å². The predicted molar refractivity (Wildman–Crippen MR) is 104 cm³/mol. The Hall–Kier alpha value is -3.00. The number of hydrogen-bond donors (Lipinski definition) is 2. The van der Waals surface area contributed by atoms with E-state index in [-0.39, 0.29) is 5.91 Å². The summed E-state index contributed by atoms with van der Waals surface area (Å²) in [5, 5.41) is 0. The van der Waals surface area contributed by atoms with Crippen molar-refractivity contribution in [1.82, 2.24) is 29.4 Å². The number of likely N-dealkylation sites (tertiary alicyclic amines) is 1. The van der Waals surface area contributed by atoms with Crippen molar-refractivity contribution in [2.24, 2.45) is 5.73 Å². The second-order valence-electron chi connectivity index (χ2n) is 7.26. The maximum atomic E-state index is 12.7. The van der Waals surface area contributed by atoms with E-state index < -0.39 is 6.04 Å². The van der Waals surface area contributed by atoms with Gasteiger partial charge in [0.1, 0.15) is 5.82 Å². The van der Waals surface area contributed by atoms with Crippen LogP contribution in [0, 0.1) is 0 Å². The lowest BCUT2D eigenvalue weighted by Gasteiger charge is -2.33. The second kappa shape index (κ2) is 8.35. The standard InChI is InChI=1S/C20H25N7O/c21-18(11-17-12-23-14-25-17)20(28)26-8-3-16(4-9-26)19-24-7-10-27(19)13-15-1-5-22-6-2-15/h1-2,5-7,10,12,14,16,18H,3-4,8-9,11,13,21H2,(H,23,25)/t18-/m0/s1. The summed E-state index contributed by atoms with van der Waals surface area (Å²) in [5.41, 5.74) is 8.20. The molecule has 4 heterocycles. The van der Waals surface area contributed by atoms with Crippen molar-refractivity contribution in [1.29, 1.82) is 0 Å². The van der Waals surface area contributed by atoms with E-state index in [2.05, 4.69) is 24.5 Å². The fourth-order valence-electron chi connectivity index (χ4n) is 3.81. The summed E-state index contributed by atoms with van der Waals surface area (Å²) < 4.78 is 2.20. The lowest BCUT2D eigenvalue weighted by molar-refractivity contribution is -0.133. The van der Waals surface area contributed by atoms with Gasteiger partial charge in [-0.3, -0.25) is 9.78 Å². The number of nitrogens with two attached hydrogens (primary N) is 1. The average Bonchev–Trinajstić information content (AvgIpc) is 3.40. The van der Waals surface area contributed by atoms with Crippen LogP contribution >= 0.6 is 0 Å².